The lowest BCUT2D eigenvalue weighted by molar-refractivity contribution is 0.102. The molecule has 3 heterocycles. The minimum absolute atomic E-state index is 0.350. The number of carbonyl (C=O) groups excluding carboxylic acids is 1. The van der Waals surface area contributed by atoms with E-state index in [9.17, 15) is 4.79 Å². The van der Waals surface area contributed by atoms with Gasteiger partial charge in [0.25, 0.3) is 5.91 Å². The van der Waals surface area contributed by atoms with Crippen LogP contribution in [0.1, 0.15) is 10.4 Å². The molecule has 9 nitrogen and oxygen atoms in total. The van der Waals surface area contributed by atoms with Crippen molar-refractivity contribution in [3.63, 3.8) is 0 Å². The van der Waals surface area contributed by atoms with Crippen LogP contribution in [0.2, 0.25) is 5.02 Å². The molecule has 10 heteroatoms. The van der Waals surface area contributed by atoms with E-state index in [1.54, 1.807) is 61.8 Å². The molecule has 0 unspecified atom stereocenters. The summed E-state index contributed by atoms with van der Waals surface area (Å²) in [5.41, 5.74) is 2.68. The van der Waals surface area contributed by atoms with Crippen LogP contribution < -0.4 is 10.1 Å². The van der Waals surface area contributed by atoms with E-state index in [0.717, 1.165) is 0 Å². The number of amides is 1. The highest BCUT2D eigenvalue weighted by Crippen LogP contribution is 2.37. The van der Waals surface area contributed by atoms with Crippen LogP contribution in [0.25, 0.3) is 16.9 Å². The second-order valence-electron chi connectivity index (χ2n) is 6.37. The molecule has 0 spiro atoms. The second-order valence-corrected chi connectivity index (χ2v) is 6.80. The van der Waals surface area contributed by atoms with Crippen molar-refractivity contribution in [1.29, 1.82) is 0 Å². The molecule has 0 aliphatic heterocycles. The van der Waals surface area contributed by atoms with Crippen molar-refractivity contribution < 1.29 is 14.3 Å². The number of benzene rings is 1. The normalized spacial score (nSPS) is 11.0. The molecule has 1 N–H and O–H groups in total. The maximum atomic E-state index is 13.0. The number of anilines is 1. The molecule has 154 valence electrons. The minimum atomic E-state index is -0.350. The standard InChI is InChI=1S/C20H19ClN6O3/c1-29-9-8-26-18(14-10-13(21)4-5-17(14)30-2)16(12-24-26)25-20(28)15-11-23-27-7-3-6-22-19(15)27/h3-7,10-12H,8-9H2,1-2H3,(H,25,28). The average Bonchev–Trinajstić information content (AvgIpc) is 3.36. The van der Waals surface area contributed by atoms with Crippen molar-refractivity contribution in [3.05, 3.63) is 59.6 Å². The van der Waals surface area contributed by atoms with Gasteiger partial charge in [-0.2, -0.15) is 10.2 Å². The monoisotopic (exact) mass is 426 g/mol. The van der Waals surface area contributed by atoms with Gasteiger partial charge in [0.2, 0.25) is 0 Å². The quantitative estimate of drug-likeness (QED) is 0.487. The molecule has 4 aromatic rings. The maximum Gasteiger partial charge on any atom is 0.261 e. The molecular weight excluding hydrogens is 408 g/mol. The van der Waals surface area contributed by atoms with E-state index in [4.69, 9.17) is 21.1 Å². The van der Waals surface area contributed by atoms with Crippen LogP contribution in [0, 0.1) is 0 Å². The summed E-state index contributed by atoms with van der Waals surface area (Å²) in [6.07, 6.45) is 6.40. The topological polar surface area (TPSA) is 95.6 Å². The summed E-state index contributed by atoms with van der Waals surface area (Å²) in [4.78, 5) is 17.2. The number of nitrogens with zero attached hydrogens (tertiary/aromatic N) is 5. The Morgan fingerprint density at radius 1 is 1.23 bits per heavy atom. The van der Waals surface area contributed by atoms with Crippen LogP contribution in [-0.2, 0) is 11.3 Å². The Hall–Kier alpha value is -3.43. The lowest BCUT2D eigenvalue weighted by atomic mass is 10.1. The summed E-state index contributed by atoms with van der Waals surface area (Å²) in [6, 6.07) is 7.02. The van der Waals surface area contributed by atoms with Gasteiger partial charge in [0.15, 0.2) is 5.65 Å². The summed E-state index contributed by atoms with van der Waals surface area (Å²) < 4.78 is 14.0. The number of fused-ring (bicyclic) bond motifs is 1. The Morgan fingerprint density at radius 2 is 2.10 bits per heavy atom. The van der Waals surface area contributed by atoms with E-state index in [1.165, 1.54) is 10.7 Å². The number of hydrogen-bond donors (Lipinski definition) is 1. The van der Waals surface area contributed by atoms with Crippen molar-refractivity contribution >= 4 is 28.8 Å². The predicted molar refractivity (Wildman–Crippen MR) is 112 cm³/mol. The zero-order valence-corrected chi connectivity index (χ0v) is 17.1. The van der Waals surface area contributed by atoms with Crippen molar-refractivity contribution in [1.82, 2.24) is 24.4 Å². The van der Waals surface area contributed by atoms with Gasteiger partial charge in [-0.25, -0.2) is 9.50 Å². The first-order valence-corrected chi connectivity index (χ1v) is 9.48. The summed E-state index contributed by atoms with van der Waals surface area (Å²) in [5, 5.41) is 12.0. The van der Waals surface area contributed by atoms with Crippen molar-refractivity contribution in [3.8, 4) is 17.0 Å². The van der Waals surface area contributed by atoms with E-state index in [2.05, 4.69) is 20.5 Å². The van der Waals surface area contributed by atoms with Gasteiger partial charge in [-0.05, 0) is 24.3 Å². The summed E-state index contributed by atoms with van der Waals surface area (Å²) in [5.74, 6) is 0.254. The first-order chi connectivity index (χ1) is 14.6. The molecule has 1 aromatic carbocycles. The SMILES string of the molecule is COCCn1ncc(NC(=O)c2cnn3cccnc23)c1-c1cc(Cl)ccc1OC. The average molecular weight is 427 g/mol. The number of halogens is 1. The summed E-state index contributed by atoms with van der Waals surface area (Å²) in [7, 11) is 3.19. The number of aromatic nitrogens is 5. The summed E-state index contributed by atoms with van der Waals surface area (Å²) in [6.45, 7) is 0.929. The summed E-state index contributed by atoms with van der Waals surface area (Å²) >= 11 is 6.24. The largest absolute Gasteiger partial charge is 0.496 e. The highest BCUT2D eigenvalue weighted by Gasteiger charge is 2.21. The van der Waals surface area contributed by atoms with Crippen LogP contribution in [0.3, 0.4) is 0 Å². The zero-order chi connectivity index (χ0) is 21.1. The highest BCUT2D eigenvalue weighted by molar-refractivity contribution is 6.31. The Bertz CT molecular complexity index is 1200. The zero-order valence-electron chi connectivity index (χ0n) is 16.4. The van der Waals surface area contributed by atoms with Gasteiger partial charge in [0.1, 0.15) is 11.3 Å². The number of rotatable bonds is 7. The molecule has 0 bridgehead atoms. The number of carbonyl (C=O) groups is 1. The Kier molecular flexibility index (Phi) is 5.64. The van der Waals surface area contributed by atoms with E-state index < -0.39 is 0 Å². The highest BCUT2D eigenvalue weighted by atomic mass is 35.5. The molecule has 1 amide bonds. The first kappa shape index (κ1) is 19.9. The number of methoxy groups -OCH3 is 2. The third-order valence-corrected chi connectivity index (χ3v) is 4.77. The van der Waals surface area contributed by atoms with Gasteiger partial charge >= 0.3 is 0 Å². The molecule has 0 atom stereocenters. The van der Waals surface area contributed by atoms with E-state index >= 15 is 0 Å². The van der Waals surface area contributed by atoms with Gasteiger partial charge in [-0.1, -0.05) is 11.6 Å². The Labute approximate surface area is 177 Å². The van der Waals surface area contributed by atoms with Crippen LogP contribution in [-0.4, -0.2) is 51.1 Å². The molecule has 3 aromatic heterocycles. The van der Waals surface area contributed by atoms with Crippen molar-refractivity contribution in [2.75, 3.05) is 26.1 Å². The van der Waals surface area contributed by atoms with E-state index in [0.29, 0.717) is 52.1 Å². The van der Waals surface area contributed by atoms with Crippen LogP contribution in [0.15, 0.2) is 49.1 Å². The van der Waals surface area contributed by atoms with E-state index in [1.807, 2.05) is 0 Å². The second kappa shape index (κ2) is 8.52. The Balaban J connectivity index is 1.76. The fourth-order valence-electron chi connectivity index (χ4n) is 3.15. The van der Waals surface area contributed by atoms with Crippen LogP contribution >= 0.6 is 11.6 Å². The molecule has 0 saturated carbocycles. The first-order valence-electron chi connectivity index (χ1n) is 9.10. The molecule has 4 rings (SSSR count). The Morgan fingerprint density at radius 3 is 2.90 bits per heavy atom. The molecule has 0 saturated heterocycles. The van der Waals surface area contributed by atoms with E-state index in [-0.39, 0.29) is 5.91 Å². The molecule has 0 radical (unpaired) electrons. The van der Waals surface area contributed by atoms with Gasteiger partial charge in [-0.3, -0.25) is 9.48 Å². The fraction of sp³-hybridized carbons (Fsp3) is 0.200. The predicted octanol–water partition coefficient (Wildman–Crippen LogP) is 3.15. The third-order valence-electron chi connectivity index (χ3n) is 4.54. The van der Waals surface area contributed by atoms with Gasteiger partial charge in [0, 0.05) is 30.1 Å². The van der Waals surface area contributed by atoms with Gasteiger partial charge in [-0.15, -0.1) is 0 Å². The fourth-order valence-corrected chi connectivity index (χ4v) is 3.32. The smallest absolute Gasteiger partial charge is 0.261 e. The minimum Gasteiger partial charge on any atom is -0.496 e. The number of hydrogen-bond acceptors (Lipinski definition) is 6. The molecule has 0 fully saturated rings. The van der Waals surface area contributed by atoms with Crippen molar-refractivity contribution in [2.24, 2.45) is 0 Å². The third kappa shape index (κ3) is 3.72. The van der Waals surface area contributed by atoms with Gasteiger partial charge < -0.3 is 14.8 Å². The maximum absolute atomic E-state index is 13.0. The van der Waals surface area contributed by atoms with Gasteiger partial charge in [0.05, 0.1) is 44.0 Å². The lowest BCUT2D eigenvalue weighted by Gasteiger charge is -2.14. The van der Waals surface area contributed by atoms with Crippen molar-refractivity contribution in [2.45, 2.75) is 6.54 Å². The molecule has 0 aliphatic rings. The lowest BCUT2D eigenvalue weighted by Crippen LogP contribution is -2.13. The molecule has 0 aliphatic carbocycles. The van der Waals surface area contributed by atoms with Crippen LogP contribution in [0.4, 0.5) is 5.69 Å². The van der Waals surface area contributed by atoms with Crippen LogP contribution in [0.5, 0.6) is 5.75 Å². The number of ether oxygens (including phenoxy) is 2. The molecule has 30 heavy (non-hydrogen) atoms. The number of nitrogens with one attached hydrogen (secondary N) is 1. The molecular formula is C20H19ClN6O3.